The lowest BCUT2D eigenvalue weighted by Crippen LogP contribution is -2.05. The normalized spacial score (nSPS) is 11.6. The van der Waals surface area contributed by atoms with Crippen LogP contribution in [0.1, 0.15) is 5.89 Å². The van der Waals surface area contributed by atoms with Crippen LogP contribution in [0.4, 0.5) is 0 Å². The van der Waals surface area contributed by atoms with Gasteiger partial charge in [0.05, 0.1) is 4.90 Å². The predicted molar refractivity (Wildman–Crippen MR) is 87.1 cm³/mol. The first-order valence-corrected chi connectivity index (χ1v) is 8.92. The van der Waals surface area contributed by atoms with E-state index in [0.717, 1.165) is 0 Å². The molecule has 3 aromatic rings. The molecule has 0 radical (unpaired) electrons. The minimum atomic E-state index is -3.58. The second-order valence-corrected chi connectivity index (χ2v) is 7.59. The second kappa shape index (κ2) is 6.31. The molecule has 0 aliphatic heterocycles. The lowest BCUT2D eigenvalue weighted by Gasteiger charge is -2.01. The summed E-state index contributed by atoms with van der Waals surface area (Å²) in [7, 11) is -3.58. The molecular formula is C15H10Cl2N2O3S. The third-order valence-electron chi connectivity index (χ3n) is 3.06. The molecule has 0 spiro atoms. The number of benzene rings is 2. The monoisotopic (exact) mass is 368 g/mol. The molecule has 0 atom stereocenters. The van der Waals surface area contributed by atoms with Crippen molar-refractivity contribution in [2.45, 2.75) is 10.6 Å². The van der Waals surface area contributed by atoms with Crippen molar-refractivity contribution in [1.82, 2.24) is 10.1 Å². The molecule has 0 saturated heterocycles. The van der Waals surface area contributed by atoms with E-state index in [4.69, 9.17) is 27.7 Å². The Hall–Kier alpha value is -1.89. The van der Waals surface area contributed by atoms with Crippen molar-refractivity contribution in [2.75, 3.05) is 0 Å². The van der Waals surface area contributed by atoms with E-state index in [9.17, 15) is 8.42 Å². The lowest BCUT2D eigenvalue weighted by molar-refractivity contribution is 0.389. The van der Waals surface area contributed by atoms with Gasteiger partial charge in [-0.25, -0.2) is 8.42 Å². The Morgan fingerprint density at radius 1 is 0.913 bits per heavy atom. The standard InChI is InChI=1S/C15H10Cl2N2O3S/c16-11-3-1-10(2-4-11)15-18-14(22-19-15)9-23(20,21)13-7-5-12(17)6-8-13/h1-8H,9H2. The van der Waals surface area contributed by atoms with E-state index in [-0.39, 0.29) is 16.5 Å². The maximum absolute atomic E-state index is 12.3. The maximum Gasteiger partial charge on any atom is 0.242 e. The Morgan fingerprint density at radius 3 is 2.09 bits per heavy atom. The van der Waals surface area contributed by atoms with Gasteiger partial charge in [-0.05, 0) is 48.5 Å². The van der Waals surface area contributed by atoms with Gasteiger partial charge in [0.25, 0.3) is 0 Å². The van der Waals surface area contributed by atoms with Gasteiger partial charge < -0.3 is 4.52 Å². The van der Waals surface area contributed by atoms with E-state index in [2.05, 4.69) is 10.1 Å². The van der Waals surface area contributed by atoms with Crippen LogP contribution in [0.2, 0.25) is 10.0 Å². The van der Waals surface area contributed by atoms with Crippen LogP contribution >= 0.6 is 23.2 Å². The zero-order valence-electron chi connectivity index (χ0n) is 11.6. The topological polar surface area (TPSA) is 73.1 Å². The molecule has 0 aliphatic rings. The number of halogens is 2. The highest BCUT2D eigenvalue weighted by atomic mass is 35.5. The van der Waals surface area contributed by atoms with E-state index >= 15 is 0 Å². The molecule has 0 aliphatic carbocycles. The molecule has 5 nitrogen and oxygen atoms in total. The fourth-order valence-electron chi connectivity index (χ4n) is 1.92. The Morgan fingerprint density at radius 2 is 1.48 bits per heavy atom. The third-order valence-corrected chi connectivity index (χ3v) is 5.18. The summed E-state index contributed by atoms with van der Waals surface area (Å²) in [6.45, 7) is 0. The van der Waals surface area contributed by atoms with Crippen LogP contribution in [0.3, 0.4) is 0 Å². The number of sulfone groups is 1. The van der Waals surface area contributed by atoms with E-state index in [1.807, 2.05) is 0 Å². The summed E-state index contributed by atoms with van der Waals surface area (Å²) in [5, 5.41) is 4.84. The van der Waals surface area contributed by atoms with Gasteiger partial charge in [0.2, 0.25) is 11.7 Å². The minimum absolute atomic E-state index is 0.0184. The Balaban J connectivity index is 1.83. The van der Waals surface area contributed by atoms with Crippen LogP contribution in [0.15, 0.2) is 57.9 Å². The van der Waals surface area contributed by atoms with Crippen molar-refractivity contribution < 1.29 is 12.9 Å². The first kappa shape index (κ1) is 16.0. The number of hydrogen-bond donors (Lipinski definition) is 0. The van der Waals surface area contributed by atoms with Gasteiger partial charge in [-0.2, -0.15) is 4.98 Å². The first-order valence-electron chi connectivity index (χ1n) is 6.51. The Labute approximate surface area is 142 Å². The van der Waals surface area contributed by atoms with Gasteiger partial charge in [0.1, 0.15) is 5.75 Å². The van der Waals surface area contributed by atoms with Gasteiger partial charge in [0.15, 0.2) is 9.84 Å². The van der Waals surface area contributed by atoms with Crippen LogP contribution in [0.5, 0.6) is 0 Å². The number of rotatable bonds is 4. The smallest absolute Gasteiger partial charge is 0.242 e. The summed E-state index contributed by atoms with van der Waals surface area (Å²) >= 11 is 11.6. The molecule has 0 amide bonds. The zero-order valence-corrected chi connectivity index (χ0v) is 13.9. The summed E-state index contributed by atoms with van der Waals surface area (Å²) in [5.74, 6) is -0.0530. The van der Waals surface area contributed by atoms with Crippen LogP contribution in [0, 0.1) is 0 Å². The van der Waals surface area contributed by atoms with E-state index < -0.39 is 9.84 Å². The summed E-state index contributed by atoms with van der Waals surface area (Å²) in [6, 6.07) is 12.7. The highest BCUT2D eigenvalue weighted by molar-refractivity contribution is 7.90. The average molecular weight is 369 g/mol. The fraction of sp³-hybridized carbons (Fsp3) is 0.0667. The molecule has 8 heteroatoms. The van der Waals surface area contributed by atoms with Crippen LogP contribution in [0.25, 0.3) is 11.4 Å². The van der Waals surface area contributed by atoms with Gasteiger partial charge in [-0.3, -0.25) is 0 Å². The van der Waals surface area contributed by atoms with Crippen LogP contribution < -0.4 is 0 Å². The van der Waals surface area contributed by atoms with E-state index in [1.165, 1.54) is 24.3 Å². The highest BCUT2D eigenvalue weighted by Crippen LogP contribution is 2.21. The van der Waals surface area contributed by atoms with Crippen molar-refractivity contribution in [3.63, 3.8) is 0 Å². The van der Waals surface area contributed by atoms with Crippen LogP contribution in [-0.2, 0) is 15.6 Å². The average Bonchev–Trinajstić information content (AvgIpc) is 2.96. The van der Waals surface area contributed by atoms with Crippen molar-refractivity contribution in [3.05, 3.63) is 64.5 Å². The molecule has 0 unspecified atom stereocenters. The van der Waals surface area contributed by atoms with Crippen molar-refractivity contribution in [1.29, 1.82) is 0 Å². The molecule has 2 aromatic carbocycles. The molecule has 1 heterocycles. The van der Waals surface area contributed by atoms with Gasteiger partial charge in [-0.15, -0.1) is 0 Å². The van der Waals surface area contributed by atoms with Crippen LogP contribution in [-0.4, -0.2) is 18.6 Å². The number of nitrogens with zero attached hydrogens (tertiary/aromatic N) is 2. The maximum atomic E-state index is 12.3. The zero-order chi connectivity index (χ0) is 16.4. The van der Waals surface area contributed by atoms with Gasteiger partial charge >= 0.3 is 0 Å². The van der Waals surface area contributed by atoms with Crippen molar-refractivity contribution in [3.8, 4) is 11.4 Å². The lowest BCUT2D eigenvalue weighted by atomic mass is 10.2. The fourth-order valence-corrected chi connectivity index (χ4v) is 3.33. The van der Waals surface area contributed by atoms with E-state index in [0.29, 0.717) is 21.4 Å². The quantitative estimate of drug-likeness (QED) is 0.695. The molecule has 0 fully saturated rings. The Kier molecular flexibility index (Phi) is 4.39. The summed E-state index contributed by atoms with van der Waals surface area (Å²) in [5.41, 5.74) is 0.688. The summed E-state index contributed by atoms with van der Waals surface area (Å²) in [4.78, 5) is 4.26. The molecule has 1 aromatic heterocycles. The minimum Gasteiger partial charge on any atom is -0.338 e. The first-order chi connectivity index (χ1) is 10.9. The second-order valence-electron chi connectivity index (χ2n) is 4.73. The highest BCUT2D eigenvalue weighted by Gasteiger charge is 2.20. The van der Waals surface area contributed by atoms with Crippen molar-refractivity contribution in [2.24, 2.45) is 0 Å². The molecule has 23 heavy (non-hydrogen) atoms. The molecule has 3 rings (SSSR count). The summed E-state index contributed by atoms with van der Waals surface area (Å²) in [6.07, 6.45) is 0. The molecule has 0 bridgehead atoms. The SMILES string of the molecule is O=S(=O)(Cc1nc(-c2ccc(Cl)cc2)no1)c1ccc(Cl)cc1. The molecule has 0 N–H and O–H groups in total. The van der Waals surface area contributed by atoms with E-state index in [1.54, 1.807) is 24.3 Å². The molecular weight excluding hydrogens is 359 g/mol. The number of hydrogen-bond acceptors (Lipinski definition) is 5. The van der Waals surface area contributed by atoms with Gasteiger partial charge in [-0.1, -0.05) is 28.4 Å². The Bertz CT molecular complexity index is 920. The van der Waals surface area contributed by atoms with Gasteiger partial charge in [0, 0.05) is 15.6 Å². The molecule has 0 saturated carbocycles. The summed E-state index contributed by atoms with van der Waals surface area (Å²) < 4.78 is 29.7. The van der Waals surface area contributed by atoms with Crippen molar-refractivity contribution >= 4 is 33.0 Å². The number of aromatic nitrogens is 2. The molecule has 118 valence electrons. The predicted octanol–water partition coefficient (Wildman–Crippen LogP) is 4.02. The largest absolute Gasteiger partial charge is 0.338 e. The third kappa shape index (κ3) is 3.72.